The van der Waals surface area contributed by atoms with E-state index in [1.54, 1.807) is 25.3 Å². The second kappa shape index (κ2) is 6.92. The maximum Gasteiger partial charge on any atom is 0.488 e. The molecule has 1 amide bonds. The summed E-state index contributed by atoms with van der Waals surface area (Å²) in [4.78, 5) is 12.0. The minimum Gasteiger partial charge on any atom is -0.497 e. The van der Waals surface area contributed by atoms with Crippen molar-refractivity contribution in [3.05, 3.63) is 59.7 Å². The highest BCUT2D eigenvalue weighted by Crippen LogP contribution is 2.11. The summed E-state index contributed by atoms with van der Waals surface area (Å²) in [5.74, 6) is 0.489. The monoisotopic (exact) mass is 285 g/mol. The van der Waals surface area contributed by atoms with Gasteiger partial charge in [-0.15, -0.1) is 0 Å². The smallest absolute Gasteiger partial charge is 0.488 e. The number of ether oxygens (including phenoxy) is 1. The molecule has 0 spiro atoms. The fourth-order valence-corrected chi connectivity index (χ4v) is 1.87. The average molecular weight is 285 g/mol. The Hall–Kier alpha value is -2.31. The number of methoxy groups -OCH3 is 1. The zero-order chi connectivity index (χ0) is 15.2. The lowest BCUT2D eigenvalue weighted by atomic mass is 9.79. The molecule has 6 heteroatoms. The van der Waals surface area contributed by atoms with Crippen LogP contribution in [0.25, 0.3) is 0 Å². The van der Waals surface area contributed by atoms with Crippen molar-refractivity contribution in [1.29, 1.82) is 0 Å². The van der Waals surface area contributed by atoms with Gasteiger partial charge in [0.15, 0.2) is 0 Å². The lowest BCUT2D eigenvalue weighted by molar-refractivity contribution is 0.0951. The van der Waals surface area contributed by atoms with E-state index < -0.39 is 7.12 Å². The SMILES string of the molecule is COc1ccc(CNC(=O)c2cccc(B(O)O)c2)cc1. The fourth-order valence-electron chi connectivity index (χ4n) is 1.87. The maximum absolute atomic E-state index is 12.0. The van der Waals surface area contributed by atoms with E-state index in [2.05, 4.69) is 5.32 Å². The molecule has 0 aliphatic heterocycles. The fraction of sp³-hybridized carbons (Fsp3) is 0.133. The number of hydrogen-bond acceptors (Lipinski definition) is 4. The number of rotatable bonds is 5. The molecule has 5 nitrogen and oxygen atoms in total. The highest BCUT2D eigenvalue weighted by molar-refractivity contribution is 6.58. The summed E-state index contributed by atoms with van der Waals surface area (Å²) in [6.45, 7) is 0.384. The molecule has 0 atom stereocenters. The van der Waals surface area contributed by atoms with Crippen LogP contribution in [-0.4, -0.2) is 30.2 Å². The highest BCUT2D eigenvalue weighted by Gasteiger charge is 2.13. The highest BCUT2D eigenvalue weighted by atomic mass is 16.5. The van der Waals surface area contributed by atoms with E-state index in [-0.39, 0.29) is 11.4 Å². The zero-order valence-corrected chi connectivity index (χ0v) is 11.6. The van der Waals surface area contributed by atoms with Crippen molar-refractivity contribution in [2.24, 2.45) is 0 Å². The van der Waals surface area contributed by atoms with Crippen LogP contribution < -0.4 is 15.5 Å². The van der Waals surface area contributed by atoms with Gasteiger partial charge in [0.2, 0.25) is 0 Å². The zero-order valence-electron chi connectivity index (χ0n) is 11.6. The number of benzene rings is 2. The Labute approximate surface area is 123 Å². The third-order valence-corrected chi connectivity index (χ3v) is 3.06. The van der Waals surface area contributed by atoms with Gasteiger partial charge in [-0.2, -0.15) is 0 Å². The summed E-state index contributed by atoms with van der Waals surface area (Å²) in [5, 5.41) is 21.0. The predicted molar refractivity (Wildman–Crippen MR) is 80.4 cm³/mol. The van der Waals surface area contributed by atoms with Gasteiger partial charge in [0, 0.05) is 12.1 Å². The van der Waals surface area contributed by atoms with Crippen molar-refractivity contribution in [1.82, 2.24) is 5.32 Å². The van der Waals surface area contributed by atoms with Gasteiger partial charge in [0.25, 0.3) is 5.91 Å². The standard InChI is InChI=1S/C15H16BNO4/c1-21-14-7-5-11(6-8-14)10-17-15(18)12-3-2-4-13(9-12)16(19)20/h2-9,19-20H,10H2,1H3,(H,17,18). The van der Waals surface area contributed by atoms with Crippen molar-refractivity contribution in [3.63, 3.8) is 0 Å². The first-order valence-corrected chi connectivity index (χ1v) is 6.47. The maximum atomic E-state index is 12.0. The molecule has 2 aromatic carbocycles. The molecule has 3 N–H and O–H groups in total. The lowest BCUT2D eigenvalue weighted by Gasteiger charge is -2.07. The minimum atomic E-state index is -1.58. The molecule has 2 rings (SSSR count). The quantitative estimate of drug-likeness (QED) is 0.691. The molecule has 2 aromatic rings. The van der Waals surface area contributed by atoms with Crippen LogP contribution in [0.2, 0.25) is 0 Å². The normalized spacial score (nSPS) is 10.0. The second-order valence-corrected chi connectivity index (χ2v) is 4.53. The first kappa shape index (κ1) is 15.1. The molecule has 0 aliphatic carbocycles. The topological polar surface area (TPSA) is 78.8 Å². The van der Waals surface area contributed by atoms with Crippen LogP contribution in [0.3, 0.4) is 0 Å². The Bertz CT molecular complexity index is 613. The molecule has 0 saturated carbocycles. The van der Waals surface area contributed by atoms with E-state index in [4.69, 9.17) is 14.8 Å². The van der Waals surface area contributed by atoms with E-state index in [0.717, 1.165) is 11.3 Å². The Morgan fingerprint density at radius 2 is 1.90 bits per heavy atom. The molecule has 108 valence electrons. The Morgan fingerprint density at radius 3 is 2.52 bits per heavy atom. The molecule has 21 heavy (non-hydrogen) atoms. The van der Waals surface area contributed by atoms with Crippen molar-refractivity contribution >= 4 is 18.5 Å². The van der Waals surface area contributed by atoms with Crippen LogP contribution in [0, 0.1) is 0 Å². The van der Waals surface area contributed by atoms with Gasteiger partial charge >= 0.3 is 7.12 Å². The third kappa shape index (κ3) is 4.08. The molecular weight excluding hydrogens is 269 g/mol. The predicted octanol–water partition coefficient (Wildman–Crippen LogP) is 0.305. The minimum absolute atomic E-state index is 0.270. The van der Waals surface area contributed by atoms with Gasteiger partial charge in [-0.05, 0) is 35.3 Å². The third-order valence-electron chi connectivity index (χ3n) is 3.06. The summed E-state index contributed by atoms with van der Waals surface area (Å²) < 4.78 is 5.06. The number of carbonyl (C=O) groups is 1. The van der Waals surface area contributed by atoms with Gasteiger partial charge in [-0.1, -0.05) is 24.3 Å². The van der Waals surface area contributed by atoms with Gasteiger partial charge in [-0.25, -0.2) is 0 Å². The Balaban J connectivity index is 1.99. The summed E-state index contributed by atoms with van der Waals surface area (Å²) in [6, 6.07) is 13.6. The molecule has 0 aromatic heterocycles. The van der Waals surface area contributed by atoms with Gasteiger partial charge in [0.1, 0.15) is 5.75 Å². The van der Waals surface area contributed by atoms with E-state index in [0.29, 0.717) is 12.1 Å². The van der Waals surface area contributed by atoms with Crippen LogP contribution in [-0.2, 0) is 6.54 Å². The summed E-state index contributed by atoms with van der Waals surface area (Å²) in [7, 11) is 0.0126. The number of nitrogens with one attached hydrogen (secondary N) is 1. The van der Waals surface area contributed by atoms with E-state index in [1.807, 2.05) is 24.3 Å². The van der Waals surface area contributed by atoms with E-state index >= 15 is 0 Å². The number of carbonyl (C=O) groups excluding carboxylic acids is 1. The Kier molecular flexibility index (Phi) is 4.97. The van der Waals surface area contributed by atoms with Crippen LogP contribution >= 0.6 is 0 Å². The van der Waals surface area contributed by atoms with Crippen molar-refractivity contribution in [2.75, 3.05) is 7.11 Å². The molecule has 0 aliphatic rings. The van der Waals surface area contributed by atoms with E-state index in [9.17, 15) is 4.79 Å². The molecule has 0 heterocycles. The lowest BCUT2D eigenvalue weighted by Crippen LogP contribution is -2.31. The molecule has 0 saturated heterocycles. The van der Waals surface area contributed by atoms with Crippen LogP contribution in [0.4, 0.5) is 0 Å². The molecule has 0 fully saturated rings. The summed E-state index contributed by atoms with van der Waals surface area (Å²) in [5.41, 5.74) is 1.61. The van der Waals surface area contributed by atoms with Gasteiger partial charge < -0.3 is 20.1 Å². The number of hydrogen-bond donors (Lipinski definition) is 3. The van der Waals surface area contributed by atoms with Crippen molar-refractivity contribution < 1.29 is 19.6 Å². The second-order valence-electron chi connectivity index (χ2n) is 4.53. The first-order chi connectivity index (χ1) is 10.1. The molecule has 0 bridgehead atoms. The van der Waals surface area contributed by atoms with Gasteiger partial charge in [-0.3, -0.25) is 4.79 Å². The first-order valence-electron chi connectivity index (χ1n) is 6.47. The van der Waals surface area contributed by atoms with Crippen LogP contribution in [0.1, 0.15) is 15.9 Å². The molecule has 0 radical (unpaired) electrons. The summed E-state index contributed by atoms with van der Waals surface area (Å²) in [6.07, 6.45) is 0. The van der Waals surface area contributed by atoms with Gasteiger partial charge in [0.05, 0.1) is 7.11 Å². The Morgan fingerprint density at radius 1 is 1.19 bits per heavy atom. The van der Waals surface area contributed by atoms with E-state index in [1.165, 1.54) is 6.07 Å². The van der Waals surface area contributed by atoms with Crippen LogP contribution in [0.15, 0.2) is 48.5 Å². The summed E-state index contributed by atoms with van der Waals surface area (Å²) >= 11 is 0. The van der Waals surface area contributed by atoms with Crippen molar-refractivity contribution in [3.8, 4) is 5.75 Å². The average Bonchev–Trinajstić information content (AvgIpc) is 2.53. The molecule has 0 unspecified atom stereocenters. The number of amides is 1. The van der Waals surface area contributed by atoms with Crippen molar-refractivity contribution in [2.45, 2.75) is 6.54 Å². The van der Waals surface area contributed by atoms with Crippen LogP contribution in [0.5, 0.6) is 5.75 Å². The largest absolute Gasteiger partial charge is 0.497 e. The molecular formula is C15H16BNO4.